The Bertz CT molecular complexity index is 335. The number of ketones is 1. The minimum absolute atomic E-state index is 0.103. The molecule has 0 amide bonds. The zero-order valence-corrected chi connectivity index (χ0v) is 11.6. The number of carbonyl (C=O) groups is 1. The first kappa shape index (κ1) is 18.0. The van der Waals surface area contributed by atoms with Gasteiger partial charge in [-0.25, -0.2) is 0 Å². The number of nitriles is 1. The summed E-state index contributed by atoms with van der Waals surface area (Å²) in [4.78, 5) is 11.1. The third-order valence-corrected chi connectivity index (χ3v) is 2.34. The minimum Gasteiger partial charge on any atom is -0.392 e. The SMILES string of the molecule is CC.CC.CC(O)C1(C)C=CC(=O)C(C#N)=C1. The Morgan fingerprint density at radius 2 is 1.82 bits per heavy atom. The third kappa shape index (κ3) is 4.97. The molecule has 1 N–H and O–H groups in total. The van der Waals surface area contributed by atoms with Gasteiger partial charge in [-0.05, 0) is 13.0 Å². The largest absolute Gasteiger partial charge is 0.392 e. The molecule has 0 radical (unpaired) electrons. The molecule has 0 aromatic rings. The highest BCUT2D eigenvalue weighted by atomic mass is 16.3. The second kappa shape index (κ2) is 8.72. The summed E-state index contributed by atoms with van der Waals surface area (Å²) in [5.41, 5.74) is -0.496. The van der Waals surface area contributed by atoms with Crippen LogP contribution in [0.3, 0.4) is 0 Å². The molecule has 0 bridgehead atoms. The maximum Gasteiger partial charge on any atom is 0.195 e. The van der Waals surface area contributed by atoms with Crippen molar-refractivity contribution in [2.24, 2.45) is 5.41 Å². The van der Waals surface area contributed by atoms with Gasteiger partial charge in [0.2, 0.25) is 0 Å². The van der Waals surface area contributed by atoms with Crippen molar-refractivity contribution in [3.8, 4) is 6.07 Å². The van der Waals surface area contributed by atoms with Gasteiger partial charge in [-0.2, -0.15) is 5.26 Å². The van der Waals surface area contributed by atoms with E-state index in [1.54, 1.807) is 19.9 Å². The smallest absolute Gasteiger partial charge is 0.195 e. The maximum atomic E-state index is 11.1. The van der Waals surface area contributed by atoms with E-state index in [9.17, 15) is 9.90 Å². The molecular formula is C14H23NO2. The van der Waals surface area contributed by atoms with Crippen molar-refractivity contribution >= 4 is 5.78 Å². The molecule has 0 heterocycles. The number of nitrogens with zero attached hydrogens (tertiary/aromatic N) is 1. The van der Waals surface area contributed by atoms with E-state index in [-0.39, 0.29) is 11.4 Å². The predicted molar refractivity (Wildman–Crippen MR) is 70.3 cm³/mol. The quantitative estimate of drug-likeness (QED) is 0.762. The summed E-state index contributed by atoms with van der Waals surface area (Å²) in [7, 11) is 0. The van der Waals surface area contributed by atoms with Crippen LogP contribution < -0.4 is 0 Å². The zero-order chi connectivity index (χ0) is 14.1. The average Bonchev–Trinajstić information content (AvgIpc) is 2.37. The number of carbonyl (C=O) groups excluding carboxylic acids is 1. The van der Waals surface area contributed by atoms with E-state index in [4.69, 9.17) is 5.26 Å². The summed E-state index contributed by atoms with van der Waals surface area (Å²) >= 11 is 0. The number of rotatable bonds is 1. The van der Waals surface area contributed by atoms with Crippen LogP contribution in [0.4, 0.5) is 0 Å². The minimum atomic E-state index is -0.611. The standard InChI is InChI=1S/C10H11NO2.2C2H6/c1-7(12)10(2)4-3-9(13)8(5-10)6-11;2*1-2/h3-5,7,12H,1-2H3;2*1-2H3. The van der Waals surface area contributed by atoms with Gasteiger partial charge in [-0.3, -0.25) is 4.79 Å². The van der Waals surface area contributed by atoms with Crippen LogP contribution in [-0.4, -0.2) is 17.0 Å². The summed E-state index contributed by atoms with van der Waals surface area (Å²) in [6.45, 7) is 11.4. The molecule has 1 aliphatic carbocycles. The molecule has 0 saturated heterocycles. The lowest BCUT2D eigenvalue weighted by molar-refractivity contribution is -0.111. The Kier molecular flexibility index (Phi) is 9.22. The lowest BCUT2D eigenvalue weighted by Crippen LogP contribution is -2.28. The van der Waals surface area contributed by atoms with Gasteiger partial charge in [0.15, 0.2) is 5.78 Å². The zero-order valence-electron chi connectivity index (χ0n) is 11.6. The first-order valence-electron chi connectivity index (χ1n) is 6.04. The Hall–Kier alpha value is -1.40. The van der Waals surface area contributed by atoms with Gasteiger partial charge < -0.3 is 5.11 Å². The fraction of sp³-hybridized carbons (Fsp3) is 0.571. The molecule has 2 unspecified atom stereocenters. The molecule has 1 aliphatic rings. The fourth-order valence-corrected chi connectivity index (χ4v) is 1.12. The van der Waals surface area contributed by atoms with Crippen LogP contribution >= 0.6 is 0 Å². The Labute approximate surface area is 104 Å². The number of hydrogen-bond donors (Lipinski definition) is 1. The normalized spacial score (nSPS) is 23.2. The Morgan fingerprint density at radius 1 is 1.35 bits per heavy atom. The topological polar surface area (TPSA) is 61.1 Å². The van der Waals surface area contributed by atoms with Crippen LogP contribution in [0.5, 0.6) is 0 Å². The molecule has 0 saturated carbocycles. The first-order valence-corrected chi connectivity index (χ1v) is 6.04. The molecule has 0 aromatic carbocycles. The second-order valence-corrected chi connectivity index (χ2v) is 3.41. The summed E-state index contributed by atoms with van der Waals surface area (Å²) in [6.07, 6.45) is 3.87. The summed E-state index contributed by atoms with van der Waals surface area (Å²) in [5.74, 6) is -0.291. The van der Waals surface area contributed by atoms with Crippen molar-refractivity contribution in [3.05, 3.63) is 23.8 Å². The van der Waals surface area contributed by atoms with Gasteiger partial charge in [0.05, 0.1) is 11.7 Å². The van der Waals surface area contributed by atoms with Crippen molar-refractivity contribution < 1.29 is 9.90 Å². The average molecular weight is 237 g/mol. The van der Waals surface area contributed by atoms with E-state index in [2.05, 4.69) is 0 Å². The van der Waals surface area contributed by atoms with Gasteiger partial charge in [0.1, 0.15) is 6.07 Å². The van der Waals surface area contributed by atoms with E-state index in [0.29, 0.717) is 0 Å². The highest BCUT2D eigenvalue weighted by Crippen LogP contribution is 2.30. The van der Waals surface area contributed by atoms with E-state index >= 15 is 0 Å². The summed E-state index contributed by atoms with van der Waals surface area (Å²) in [6, 6.07) is 1.81. The molecule has 0 fully saturated rings. The van der Waals surface area contributed by atoms with Crippen LogP contribution in [-0.2, 0) is 4.79 Å². The van der Waals surface area contributed by atoms with Crippen molar-refractivity contribution in [2.45, 2.75) is 47.6 Å². The van der Waals surface area contributed by atoms with Crippen LogP contribution in [0.2, 0.25) is 0 Å². The molecule has 0 aromatic heterocycles. The predicted octanol–water partition coefficient (Wildman–Crippen LogP) is 3.01. The van der Waals surface area contributed by atoms with Gasteiger partial charge in [-0.1, -0.05) is 46.8 Å². The number of allylic oxidation sites excluding steroid dienone is 2. The molecule has 96 valence electrons. The lowest BCUT2D eigenvalue weighted by Gasteiger charge is -2.27. The molecule has 2 atom stereocenters. The van der Waals surface area contributed by atoms with Crippen LogP contribution in [0.25, 0.3) is 0 Å². The monoisotopic (exact) mass is 237 g/mol. The van der Waals surface area contributed by atoms with E-state index in [0.717, 1.165) is 0 Å². The lowest BCUT2D eigenvalue weighted by atomic mass is 9.79. The van der Waals surface area contributed by atoms with Crippen molar-refractivity contribution in [1.29, 1.82) is 5.26 Å². The highest BCUT2D eigenvalue weighted by Gasteiger charge is 2.29. The van der Waals surface area contributed by atoms with Crippen LogP contribution in [0.15, 0.2) is 23.8 Å². The van der Waals surface area contributed by atoms with E-state index in [1.165, 1.54) is 12.2 Å². The van der Waals surface area contributed by atoms with Gasteiger partial charge >= 0.3 is 0 Å². The Morgan fingerprint density at radius 3 is 2.18 bits per heavy atom. The summed E-state index contributed by atoms with van der Waals surface area (Å²) in [5, 5.41) is 18.0. The molecule has 1 rings (SSSR count). The van der Waals surface area contributed by atoms with Gasteiger partial charge in [0, 0.05) is 5.41 Å². The van der Waals surface area contributed by atoms with E-state index < -0.39 is 11.5 Å². The summed E-state index contributed by atoms with van der Waals surface area (Å²) < 4.78 is 0. The van der Waals surface area contributed by atoms with Gasteiger partial charge in [0.25, 0.3) is 0 Å². The molecular weight excluding hydrogens is 214 g/mol. The van der Waals surface area contributed by atoms with Gasteiger partial charge in [-0.15, -0.1) is 0 Å². The second-order valence-electron chi connectivity index (χ2n) is 3.41. The number of aliphatic hydroxyl groups is 1. The molecule has 0 aliphatic heterocycles. The van der Waals surface area contributed by atoms with Crippen molar-refractivity contribution in [2.75, 3.05) is 0 Å². The van der Waals surface area contributed by atoms with Crippen LogP contribution in [0, 0.1) is 16.7 Å². The van der Waals surface area contributed by atoms with Crippen molar-refractivity contribution in [1.82, 2.24) is 0 Å². The third-order valence-electron chi connectivity index (χ3n) is 2.34. The fourth-order valence-electron chi connectivity index (χ4n) is 1.12. The first-order chi connectivity index (χ1) is 7.99. The van der Waals surface area contributed by atoms with E-state index in [1.807, 2.05) is 33.8 Å². The highest BCUT2D eigenvalue weighted by molar-refractivity contribution is 6.08. The molecule has 17 heavy (non-hydrogen) atoms. The van der Waals surface area contributed by atoms with Crippen LogP contribution in [0.1, 0.15) is 41.5 Å². The number of aliphatic hydroxyl groups excluding tert-OH is 1. The Balaban J connectivity index is 0. The molecule has 0 spiro atoms. The maximum absolute atomic E-state index is 11.1. The molecule has 3 heteroatoms. The van der Waals surface area contributed by atoms with Crippen molar-refractivity contribution in [3.63, 3.8) is 0 Å². The molecule has 3 nitrogen and oxygen atoms in total. The number of hydrogen-bond acceptors (Lipinski definition) is 3.